The van der Waals surface area contributed by atoms with Gasteiger partial charge in [-0.25, -0.2) is 4.39 Å². The number of nitrogens with two attached hydrogens (primary N) is 1. The molecule has 1 heterocycles. The van der Waals surface area contributed by atoms with E-state index in [2.05, 4.69) is 15.9 Å². The Morgan fingerprint density at radius 2 is 2.00 bits per heavy atom. The summed E-state index contributed by atoms with van der Waals surface area (Å²) in [6.07, 6.45) is 0. The molecule has 0 atom stereocenters. The van der Waals surface area contributed by atoms with Crippen LogP contribution in [0, 0.1) is 17.1 Å². The van der Waals surface area contributed by atoms with Crippen LogP contribution in [0.4, 0.5) is 4.39 Å². The molecule has 0 bridgehead atoms. The molecule has 23 heavy (non-hydrogen) atoms. The fourth-order valence-electron chi connectivity index (χ4n) is 2.25. The summed E-state index contributed by atoms with van der Waals surface area (Å²) in [6.45, 7) is 0. The van der Waals surface area contributed by atoms with Crippen LogP contribution in [0.15, 0.2) is 45.1 Å². The minimum atomic E-state index is -3.06. The van der Waals surface area contributed by atoms with Gasteiger partial charge in [0.15, 0.2) is 0 Å². The Bertz CT molecular complexity index is 893. The van der Waals surface area contributed by atoms with E-state index in [9.17, 15) is 13.5 Å². The smallest absolute Gasteiger partial charge is 0.142 e. The van der Waals surface area contributed by atoms with Crippen LogP contribution in [-0.4, -0.2) is 9.11 Å². The minimum Gasteiger partial charge on any atom is -0.456 e. The molecule has 1 aliphatic heterocycles. The number of benzene rings is 2. The van der Waals surface area contributed by atoms with Gasteiger partial charge in [0.2, 0.25) is 0 Å². The largest absolute Gasteiger partial charge is 0.456 e. The second-order valence-electron chi connectivity index (χ2n) is 4.81. The normalized spacial score (nSPS) is 16.2. The number of ether oxygens (including phenoxy) is 1. The summed E-state index contributed by atoms with van der Waals surface area (Å²) in [5.41, 5.74) is 6.61. The van der Waals surface area contributed by atoms with Crippen molar-refractivity contribution in [3.05, 3.63) is 57.2 Å². The molecular weight excluding hydrogens is 387 g/mol. The van der Waals surface area contributed by atoms with Crippen LogP contribution in [0.1, 0.15) is 11.1 Å². The molecule has 118 valence electrons. The van der Waals surface area contributed by atoms with Crippen molar-refractivity contribution in [2.45, 2.75) is 4.90 Å². The maximum Gasteiger partial charge on any atom is 0.142 e. The SMILES string of the molecule is N#Cc1cc(F)cc(Oc2ccc3c(c2Br)C(N)=CS3(O)O)c1. The van der Waals surface area contributed by atoms with Gasteiger partial charge < -0.3 is 10.5 Å². The Labute approximate surface area is 141 Å². The van der Waals surface area contributed by atoms with Gasteiger partial charge >= 0.3 is 0 Å². The number of hydrogen-bond donors (Lipinski definition) is 3. The summed E-state index contributed by atoms with van der Waals surface area (Å²) in [5.74, 6) is -0.133. The molecule has 1 aliphatic rings. The molecule has 0 saturated carbocycles. The Morgan fingerprint density at radius 1 is 1.26 bits per heavy atom. The Kier molecular flexibility index (Phi) is 3.82. The van der Waals surface area contributed by atoms with E-state index < -0.39 is 16.4 Å². The highest BCUT2D eigenvalue weighted by Crippen LogP contribution is 2.60. The van der Waals surface area contributed by atoms with Crippen molar-refractivity contribution in [2.75, 3.05) is 0 Å². The summed E-state index contributed by atoms with van der Waals surface area (Å²) in [4.78, 5) is 0.297. The van der Waals surface area contributed by atoms with Crippen LogP contribution in [0.2, 0.25) is 0 Å². The third-order valence-corrected chi connectivity index (χ3v) is 5.56. The van der Waals surface area contributed by atoms with E-state index in [1.165, 1.54) is 23.6 Å². The van der Waals surface area contributed by atoms with E-state index in [1.54, 1.807) is 0 Å². The molecule has 4 N–H and O–H groups in total. The fraction of sp³-hybridized carbons (Fsp3) is 0. The molecule has 0 saturated heterocycles. The summed E-state index contributed by atoms with van der Waals surface area (Å²) >= 11 is 3.32. The summed E-state index contributed by atoms with van der Waals surface area (Å²) < 4.78 is 39.4. The number of nitriles is 1. The van der Waals surface area contributed by atoms with Gasteiger partial charge in [-0.15, -0.1) is 10.6 Å². The molecule has 0 fully saturated rings. The number of halogens is 2. The summed E-state index contributed by atoms with van der Waals surface area (Å²) in [5, 5.41) is 10.1. The first-order valence-corrected chi connectivity index (χ1v) is 8.69. The van der Waals surface area contributed by atoms with Gasteiger partial charge in [-0.05, 0) is 40.2 Å². The van der Waals surface area contributed by atoms with Crippen LogP contribution in [0.3, 0.4) is 0 Å². The molecule has 0 radical (unpaired) electrons. The second kappa shape index (κ2) is 5.54. The maximum absolute atomic E-state index is 13.5. The highest BCUT2D eigenvalue weighted by molar-refractivity contribution is 9.10. The maximum atomic E-state index is 13.5. The molecule has 0 aromatic heterocycles. The van der Waals surface area contributed by atoms with E-state index in [-0.39, 0.29) is 17.0 Å². The molecule has 0 amide bonds. The van der Waals surface area contributed by atoms with Gasteiger partial charge in [-0.3, -0.25) is 9.11 Å². The third kappa shape index (κ3) is 2.80. The lowest BCUT2D eigenvalue weighted by Crippen LogP contribution is -1.98. The number of rotatable bonds is 2. The van der Waals surface area contributed by atoms with E-state index in [0.29, 0.717) is 20.7 Å². The standard InChI is InChI=1S/C15H10BrFN2O3S/c16-15-12(22-10-4-8(6-18)3-9(17)5-10)1-2-13-14(15)11(19)7-23(13,20)21/h1-5,7,20-21H,19H2. The zero-order valence-electron chi connectivity index (χ0n) is 11.5. The molecule has 3 rings (SSSR count). The van der Waals surface area contributed by atoms with Crippen molar-refractivity contribution < 1.29 is 18.2 Å². The van der Waals surface area contributed by atoms with Crippen LogP contribution < -0.4 is 10.5 Å². The second-order valence-corrected chi connectivity index (χ2v) is 7.46. The zero-order valence-corrected chi connectivity index (χ0v) is 13.9. The highest BCUT2D eigenvalue weighted by Gasteiger charge is 2.29. The number of hydrogen-bond acceptors (Lipinski definition) is 5. The Balaban J connectivity index is 2.04. The molecule has 0 aliphatic carbocycles. The average Bonchev–Trinajstić information content (AvgIpc) is 2.71. The van der Waals surface area contributed by atoms with Crippen LogP contribution >= 0.6 is 26.5 Å². The Hall–Kier alpha value is -2.05. The molecule has 2 aromatic carbocycles. The third-order valence-electron chi connectivity index (χ3n) is 3.20. The molecule has 5 nitrogen and oxygen atoms in total. The van der Waals surface area contributed by atoms with Crippen molar-refractivity contribution in [3.8, 4) is 17.6 Å². The molecule has 0 spiro atoms. The van der Waals surface area contributed by atoms with Crippen molar-refractivity contribution in [1.82, 2.24) is 0 Å². The van der Waals surface area contributed by atoms with E-state index in [1.807, 2.05) is 6.07 Å². The Morgan fingerprint density at radius 3 is 2.70 bits per heavy atom. The summed E-state index contributed by atoms with van der Waals surface area (Å²) in [6, 6.07) is 8.49. The van der Waals surface area contributed by atoms with Crippen LogP contribution in [0.5, 0.6) is 11.5 Å². The lowest BCUT2D eigenvalue weighted by Gasteiger charge is -2.25. The summed E-state index contributed by atoms with van der Waals surface area (Å²) in [7, 11) is -3.06. The molecular formula is C15H10BrFN2O3S. The van der Waals surface area contributed by atoms with Gasteiger partial charge in [0, 0.05) is 11.6 Å². The van der Waals surface area contributed by atoms with Crippen molar-refractivity contribution in [1.29, 1.82) is 5.26 Å². The quantitative estimate of drug-likeness (QED) is 0.686. The van der Waals surface area contributed by atoms with Gasteiger partial charge in [-0.1, -0.05) is 0 Å². The van der Waals surface area contributed by atoms with Crippen molar-refractivity contribution >= 4 is 32.2 Å². The van der Waals surface area contributed by atoms with Gasteiger partial charge in [0.05, 0.1) is 32.1 Å². The lowest BCUT2D eigenvalue weighted by molar-refractivity contribution is 0.472. The number of fused-ring (bicyclic) bond motifs is 1. The van der Waals surface area contributed by atoms with Gasteiger partial charge in [0.25, 0.3) is 0 Å². The van der Waals surface area contributed by atoms with Crippen molar-refractivity contribution in [3.63, 3.8) is 0 Å². The lowest BCUT2D eigenvalue weighted by atomic mass is 10.1. The number of nitrogens with zero attached hydrogens (tertiary/aromatic N) is 1. The average molecular weight is 397 g/mol. The van der Waals surface area contributed by atoms with E-state index in [0.717, 1.165) is 12.1 Å². The monoisotopic (exact) mass is 396 g/mol. The van der Waals surface area contributed by atoms with Crippen LogP contribution in [-0.2, 0) is 0 Å². The zero-order chi connectivity index (χ0) is 16.8. The first-order chi connectivity index (χ1) is 10.8. The van der Waals surface area contributed by atoms with E-state index in [4.69, 9.17) is 15.7 Å². The van der Waals surface area contributed by atoms with Crippen LogP contribution in [0.25, 0.3) is 5.70 Å². The molecule has 2 aromatic rings. The van der Waals surface area contributed by atoms with Gasteiger partial charge in [-0.2, -0.15) is 5.26 Å². The first kappa shape index (κ1) is 15.8. The molecule has 8 heteroatoms. The predicted molar refractivity (Wildman–Crippen MR) is 88.6 cm³/mol. The minimum absolute atomic E-state index is 0.130. The molecule has 0 unspecified atom stereocenters. The topological polar surface area (TPSA) is 99.5 Å². The fourth-order valence-corrected chi connectivity index (χ4v) is 4.42. The van der Waals surface area contributed by atoms with Gasteiger partial charge in [0.1, 0.15) is 17.3 Å². The van der Waals surface area contributed by atoms with Crippen molar-refractivity contribution in [2.24, 2.45) is 5.73 Å². The predicted octanol–water partition coefficient (Wildman–Crippen LogP) is 4.63. The first-order valence-electron chi connectivity index (χ1n) is 6.28. The highest BCUT2D eigenvalue weighted by atomic mass is 79.9. The van der Waals surface area contributed by atoms with E-state index >= 15 is 0 Å².